The van der Waals surface area contributed by atoms with Gasteiger partial charge in [-0.1, -0.05) is 30.3 Å². The maximum absolute atomic E-state index is 11.6. The molecule has 1 amide bonds. The molecule has 2 N–H and O–H groups in total. The fourth-order valence-corrected chi connectivity index (χ4v) is 2.49. The van der Waals surface area contributed by atoms with Crippen molar-refractivity contribution >= 4 is 11.9 Å². The van der Waals surface area contributed by atoms with Gasteiger partial charge in [-0.05, 0) is 12.0 Å². The highest BCUT2D eigenvalue weighted by atomic mass is 16.5. The van der Waals surface area contributed by atoms with Crippen LogP contribution in [0.15, 0.2) is 30.3 Å². The average Bonchev–Trinajstić information content (AvgIpc) is 2.82. The van der Waals surface area contributed by atoms with E-state index in [1.54, 1.807) is 0 Å². The van der Waals surface area contributed by atoms with Crippen molar-refractivity contribution in [1.82, 2.24) is 10.6 Å². The van der Waals surface area contributed by atoms with E-state index in [-0.39, 0.29) is 30.0 Å². The number of carbonyl (C=O) groups excluding carboxylic acids is 2. The zero-order valence-electron chi connectivity index (χ0n) is 11.1. The molecule has 0 unspecified atom stereocenters. The summed E-state index contributed by atoms with van der Waals surface area (Å²) >= 11 is 0. The van der Waals surface area contributed by atoms with Crippen molar-refractivity contribution in [3.05, 3.63) is 35.9 Å². The van der Waals surface area contributed by atoms with E-state index < -0.39 is 0 Å². The molecule has 0 aliphatic carbocycles. The van der Waals surface area contributed by atoms with E-state index in [2.05, 4.69) is 10.6 Å². The van der Waals surface area contributed by atoms with Crippen LogP contribution in [0.2, 0.25) is 0 Å². The van der Waals surface area contributed by atoms with Crippen LogP contribution < -0.4 is 10.6 Å². The Morgan fingerprint density at radius 2 is 2.00 bits per heavy atom. The summed E-state index contributed by atoms with van der Waals surface area (Å²) in [5.41, 5.74) is 1.05. The van der Waals surface area contributed by atoms with E-state index in [1.807, 2.05) is 30.3 Å². The topological polar surface area (TPSA) is 67.4 Å². The minimum absolute atomic E-state index is 0.0748. The molecule has 1 aliphatic heterocycles. The minimum Gasteiger partial charge on any atom is -0.468 e. The first-order chi connectivity index (χ1) is 9.11. The van der Waals surface area contributed by atoms with Crippen LogP contribution >= 0.6 is 0 Å². The number of esters is 1. The van der Waals surface area contributed by atoms with Crippen LogP contribution in [0.25, 0.3) is 0 Å². The molecule has 1 saturated heterocycles. The van der Waals surface area contributed by atoms with Crippen molar-refractivity contribution in [1.29, 1.82) is 0 Å². The van der Waals surface area contributed by atoms with E-state index >= 15 is 0 Å². The lowest BCUT2D eigenvalue weighted by Crippen LogP contribution is -2.37. The number of hydrogen-bond acceptors (Lipinski definition) is 4. The number of benzene rings is 1. The fraction of sp³-hybridized carbons (Fsp3) is 0.429. The first-order valence-corrected chi connectivity index (χ1v) is 6.27. The molecular formula is C14H18N2O3. The molecule has 0 saturated carbocycles. The van der Waals surface area contributed by atoms with Crippen LogP contribution in [0.4, 0.5) is 0 Å². The normalized spacial score (nSPS) is 25.9. The molecule has 0 radical (unpaired) electrons. The van der Waals surface area contributed by atoms with Crippen LogP contribution in [0.1, 0.15) is 24.9 Å². The van der Waals surface area contributed by atoms with Crippen LogP contribution in [0, 0.1) is 0 Å². The summed E-state index contributed by atoms with van der Waals surface area (Å²) in [5, 5.41) is 6.11. The molecule has 3 atom stereocenters. The molecule has 0 bridgehead atoms. The lowest BCUT2D eigenvalue weighted by molar-refractivity contribution is -0.142. The van der Waals surface area contributed by atoms with Crippen molar-refractivity contribution in [3.8, 4) is 0 Å². The molecule has 2 rings (SSSR count). The summed E-state index contributed by atoms with van der Waals surface area (Å²) in [7, 11) is 1.37. The summed E-state index contributed by atoms with van der Waals surface area (Å²) < 4.78 is 4.76. The Bertz CT molecular complexity index is 461. The second-order valence-electron chi connectivity index (χ2n) is 4.67. The molecule has 1 aliphatic rings. The monoisotopic (exact) mass is 262 g/mol. The third kappa shape index (κ3) is 3.12. The van der Waals surface area contributed by atoms with Crippen molar-refractivity contribution in [2.24, 2.45) is 0 Å². The second-order valence-corrected chi connectivity index (χ2v) is 4.67. The van der Waals surface area contributed by atoms with E-state index in [4.69, 9.17) is 4.74 Å². The summed E-state index contributed by atoms with van der Waals surface area (Å²) in [6.45, 7) is 1.48. The third-order valence-electron chi connectivity index (χ3n) is 3.31. The molecule has 102 valence electrons. The van der Waals surface area contributed by atoms with Gasteiger partial charge in [-0.2, -0.15) is 0 Å². The van der Waals surface area contributed by atoms with Crippen LogP contribution in [-0.4, -0.2) is 31.1 Å². The summed E-state index contributed by atoms with van der Waals surface area (Å²) in [6, 6.07) is 9.20. The average molecular weight is 262 g/mol. The van der Waals surface area contributed by atoms with Gasteiger partial charge in [0, 0.05) is 6.92 Å². The smallest absolute Gasteiger partial charge is 0.322 e. The number of carbonyl (C=O) groups is 2. The van der Waals surface area contributed by atoms with Crippen LogP contribution in [-0.2, 0) is 14.3 Å². The highest BCUT2D eigenvalue weighted by Gasteiger charge is 2.38. The summed E-state index contributed by atoms with van der Waals surface area (Å²) in [6.07, 6.45) is 0.534. The molecule has 1 aromatic carbocycles. The van der Waals surface area contributed by atoms with Gasteiger partial charge >= 0.3 is 5.97 Å². The Balaban J connectivity index is 2.18. The zero-order chi connectivity index (χ0) is 13.8. The molecule has 5 heteroatoms. The third-order valence-corrected chi connectivity index (χ3v) is 3.31. The number of ether oxygens (including phenoxy) is 1. The van der Waals surface area contributed by atoms with E-state index in [0.29, 0.717) is 6.42 Å². The van der Waals surface area contributed by atoms with Gasteiger partial charge in [-0.15, -0.1) is 0 Å². The number of methoxy groups -OCH3 is 1. The standard InChI is InChI=1S/C14H18N2O3/c1-9(17)15-11-8-12(14(18)19-2)16-13(11)10-6-4-3-5-7-10/h3-7,11-13,16H,8H2,1-2H3,(H,15,17)/t11-,12-,13-/m0/s1. The molecule has 19 heavy (non-hydrogen) atoms. The number of nitrogens with one attached hydrogen (secondary N) is 2. The predicted octanol–water partition coefficient (Wildman–Crippen LogP) is 0.767. The van der Waals surface area contributed by atoms with Crippen molar-refractivity contribution in [3.63, 3.8) is 0 Å². The van der Waals surface area contributed by atoms with Gasteiger partial charge in [-0.25, -0.2) is 0 Å². The molecule has 1 heterocycles. The Hall–Kier alpha value is -1.88. The lowest BCUT2D eigenvalue weighted by Gasteiger charge is -2.20. The molecular weight excluding hydrogens is 244 g/mol. The zero-order valence-corrected chi connectivity index (χ0v) is 11.1. The SMILES string of the molecule is COC(=O)[C@@H]1C[C@H](NC(C)=O)[C@H](c2ccccc2)N1. The van der Waals surface area contributed by atoms with E-state index in [9.17, 15) is 9.59 Å². The van der Waals surface area contributed by atoms with Crippen molar-refractivity contribution in [2.45, 2.75) is 31.5 Å². The molecule has 1 fully saturated rings. The second kappa shape index (κ2) is 5.84. The van der Waals surface area contributed by atoms with Gasteiger partial charge in [0.25, 0.3) is 0 Å². The van der Waals surface area contributed by atoms with Crippen molar-refractivity contribution < 1.29 is 14.3 Å². The highest BCUT2D eigenvalue weighted by Crippen LogP contribution is 2.27. The molecule has 1 aromatic rings. The first-order valence-electron chi connectivity index (χ1n) is 6.27. The van der Waals surface area contributed by atoms with Gasteiger partial charge in [0.15, 0.2) is 0 Å². The largest absolute Gasteiger partial charge is 0.468 e. The fourth-order valence-electron chi connectivity index (χ4n) is 2.49. The quantitative estimate of drug-likeness (QED) is 0.789. The summed E-state index contributed by atoms with van der Waals surface area (Å²) in [4.78, 5) is 22.9. The maximum atomic E-state index is 11.6. The Kier molecular flexibility index (Phi) is 4.16. The van der Waals surface area contributed by atoms with Crippen LogP contribution in [0.5, 0.6) is 0 Å². The number of rotatable bonds is 3. The van der Waals surface area contributed by atoms with Gasteiger partial charge in [0.05, 0.1) is 19.2 Å². The predicted molar refractivity (Wildman–Crippen MR) is 70.3 cm³/mol. The Morgan fingerprint density at radius 3 is 2.58 bits per heavy atom. The summed E-state index contributed by atoms with van der Waals surface area (Å²) in [5.74, 6) is -0.396. The Morgan fingerprint density at radius 1 is 1.32 bits per heavy atom. The highest BCUT2D eigenvalue weighted by molar-refractivity contribution is 5.77. The lowest BCUT2D eigenvalue weighted by atomic mass is 10.0. The van der Waals surface area contributed by atoms with E-state index in [0.717, 1.165) is 5.56 Å². The van der Waals surface area contributed by atoms with Gasteiger partial charge in [-0.3, -0.25) is 14.9 Å². The number of hydrogen-bond donors (Lipinski definition) is 2. The maximum Gasteiger partial charge on any atom is 0.322 e. The van der Waals surface area contributed by atoms with Crippen molar-refractivity contribution in [2.75, 3.05) is 7.11 Å². The van der Waals surface area contributed by atoms with Crippen LogP contribution in [0.3, 0.4) is 0 Å². The molecule has 5 nitrogen and oxygen atoms in total. The van der Waals surface area contributed by atoms with Gasteiger partial charge < -0.3 is 10.1 Å². The Labute approximate surface area is 112 Å². The molecule has 0 aromatic heterocycles. The van der Waals surface area contributed by atoms with Gasteiger partial charge in [0.1, 0.15) is 6.04 Å². The number of amides is 1. The van der Waals surface area contributed by atoms with E-state index in [1.165, 1.54) is 14.0 Å². The molecule has 0 spiro atoms. The first kappa shape index (κ1) is 13.5. The minimum atomic E-state index is -0.382. The van der Waals surface area contributed by atoms with Gasteiger partial charge in [0.2, 0.25) is 5.91 Å².